The molecule has 26 heavy (non-hydrogen) atoms. The molecule has 2 atom stereocenters. The number of azo groups is 1. The van der Waals surface area contributed by atoms with E-state index < -0.39 is 11.5 Å². The van der Waals surface area contributed by atoms with Crippen LogP contribution in [0, 0.1) is 13.8 Å². The maximum absolute atomic E-state index is 13.4. The van der Waals surface area contributed by atoms with E-state index in [2.05, 4.69) is 10.2 Å². The zero-order chi connectivity index (χ0) is 18.5. The van der Waals surface area contributed by atoms with Crippen LogP contribution in [0.4, 0.5) is 0 Å². The van der Waals surface area contributed by atoms with Crippen molar-refractivity contribution in [1.29, 1.82) is 0 Å². The van der Waals surface area contributed by atoms with Gasteiger partial charge in [-0.3, -0.25) is 4.79 Å². The summed E-state index contributed by atoms with van der Waals surface area (Å²) in [4.78, 5) is 25.7. The smallest absolute Gasteiger partial charge is 0.338 e. The van der Waals surface area contributed by atoms with E-state index in [1.807, 2.05) is 44.2 Å². The summed E-state index contributed by atoms with van der Waals surface area (Å²) in [6.45, 7) is 4.31. The molecule has 0 saturated carbocycles. The van der Waals surface area contributed by atoms with Crippen molar-refractivity contribution < 1.29 is 14.3 Å². The first-order chi connectivity index (χ1) is 12.5. The Morgan fingerprint density at radius 1 is 1.23 bits per heavy atom. The van der Waals surface area contributed by atoms with Crippen LogP contribution < -0.4 is 0 Å². The highest BCUT2D eigenvalue weighted by atomic mass is 16.5. The van der Waals surface area contributed by atoms with Crippen LogP contribution in [0.3, 0.4) is 0 Å². The van der Waals surface area contributed by atoms with Crippen LogP contribution in [-0.2, 0) is 11.2 Å². The molecule has 2 aromatic rings. The van der Waals surface area contributed by atoms with Gasteiger partial charge in [0.25, 0.3) is 0 Å². The SMILES string of the molecule is COC(=O)c1ccc(C)cc1[C@H]1CN=N[C@]12Cc1cccc(C)c1C2=O. The van der Waals surface area contributed by atoms with Crippen molar-refractivity contribution in [2.75, 3.05) is 13.7 Å². The normalized spacial score (nSPS) is 23.5. The summed E-state index contributed by atoms with van der Waals surface area (Å²) in [5.41, 5.74) is 4.07. The highest BCUT2D eigenvalue weighted by molar-refractivity contribution is 6.10. The third-order valence-corrected chi connectivity index (χ3v) is 5.52. The lowest BCUT2D eigenvalue weighted by atomic mass is 9.76. The Morgan fingerprint density at radius 3 is 2.77 bits per heavy atom. The van der Waals surface area contributed by atoms with Gasteiger partial charge in [-0.15, -0.1) is 0 Å². The van der Waals surface area contributed by atoms with Crippen LogP contribution >= 0.6 is 0 Å². The Kier molecular flexibility index (Phi) is 3.75. The molecular formula is C21H20N2O3. The minimum absolute atomic E-state index is 0.00849. The first kappa shape index (κ1) is 16.6. The van der Waals surface area contributed by atoms with Crippen LogP contribution in [0.1, 0.15) is 48.9 Å². The molecule has 1 aliphatic heterocycles. The maximum atomic E-state index is 13.4. The highest BCUT2D eigenvalue weighted by Crippen LogP contribution is 2.48. The molecule has 132 valence electrons. The van der Waals surface area contributed by atoms with Gasteiger partial charge in [-0.2, -0.15) is 10.2 Å². The topological polar surface area (TPSA) is 68.1 Å². The standard InChI is InChI=1S/C21H20N2O3/c1-12-7-8-15(20(25)26-3)16(9-12)17-11-22-23-21(17)10-14-6-4-5-13(2)18(14)19(21)24/h4-9,17H,10-11H2,1-3H3/t17-,21-/m1/s1. The molecule has 1 aliphatic carbocycles. The van der Waals surface area contributed by atoms with Gasteiger partial charge in [0.2, 0.25) is 0 Å². The molecule has 0 fully saturated rings. The third-order valence-electron chi connectivity index (χ3n) is 5.52. The lowest BCUT2D eigenvalue weighted by molar-refractivity contribution is 0.0597. The van der Waals surface area contributed by atoms with E-state index >= 15 is 0 Å². The van der Waals surface area contributed by atoms with Gasteiger partial charge in [0.05, 0.1) is 19.2 Å². The van der Waals surface area contributed by atoms with Crippen molar-refractivity contribution >= 4 is 11.8 Å². The summed E-state index contributed by atoms with van der Waals surface area (Å²) in [6.07, 6.45) is 0.519. The monoisotopic (exact) mass is 348 g/mol. The number of nitrogens with zero attached hydrogens (tertiary/aromatic N) is 2. The number of aryl methyl sites for hydroxylation is 2. The van der Waals surface area contributed by atoms with Gasteiger partial charge in [0, 0.05) is 17.9 Å². The number of ketones is 1. The summed E-state index contributed by atoms with van der Waals surface area (Å²) in [6, 6.07) is 11.5. The molecule has 2 aliphatic rings. The predicted molar refractivity (Wildman–Crippen MR) is 96.9 cm³/mol. The fraction of sp³-hybridized carbons (Fsp3) is 0.333. The number of ether oxygens (including phenoxy) is 1. The second-order valence-corrected chi connectivity index (χ2v) is 7.10. The number of benzene rings is 2. The third kappa shape index (κ3) is 2.23. The number of carbonyl (C=O) groups is 2. The number of methoxy groups -OCH3 is 1. The highest BCUT2D eigenvalue weighted by Gasteiger charge is 2.55. The Morgan fingerprint density at radius 2 is 2.04 bits per heavy atom. The first-order valence-corrected chi connectivity index (χ1v) is 8.69. The van der Waals surface area contributed by atoms with E-state index in [0.29, 0.717) is 18.5 Å². The van der Waals surface area contributed by atoms with Crippen LogP contribution in [-0.4, -0.2) is 30.9 Å². The molecule has 0 amide bonds. The average molecular weight is 348 g/mol. The molecule has 0 saturated heterocycles. The summed E-state index contributed by atoms with van der Waals surface area (Å²) in [5.74, 6) is -0.661. The van der Waals surface area contributed by atoms with Crippen molar-refractivity contribution in [2.24, 2.45) is 10.2 Å². The van der Waals surface area contributed by atoms with E-state index in [0.717, 1.165) is 27.8 Å². The average Bonchev–Trinajstić information content (AvgIpc) is 3.17. The van der Waals surface area contributed by atoms with E-state index in [4.69, 9.17) is 4.74 Å². The Balaban J connectivity index is 1.86. The van der Waals surface area contributed by atoms with Crippen molar-refractivity contribution in [1.82, 2.24) is 0 Å². The molecule has 5 heteroatoms. The zero-order valence-corrected chi connectivity index (χ0v) is 15.1. The van der Waals surface area contributed by atoms with Crippen LogP contribution in [0.5, 0.6) is 0 Å². The minimum atomic E-state index is -0.953. The Bertz CT molecular complexity index is 964. The lowest BCUT2D eigenvalue weighted by Crippen LogP contribution is -2.39. The second kappa shape index (κ2) is 5.87. The van der Waals surface area contributed by atoms with E-state index in [-0.39, 0.29) is 11.7 Å². The van der Waals surface area contributed by atoms with Gasteiger partial charge in [0.1, 0.15) is 0 Å². The van der Waals surface area contributed by atoms with Gasteiger partial charge < -0.3 is 4.74 Å². The first-order valence-electron chi connectivity index (χ1n) is 8.69. The molecule has 1 heterocycles. The predicted octanol–water partition coefficient (Wildman–Crippen LogP) is 3.82. The van der Waals surface area contributed by atoms with Crippen molar-refractivity contribution in [3.63, 3.8) is 0 Å². The number of hydrogen-bond acceptors (Lipinski definition) is 5. The second-order valence-electron chi connectivity index (χ2n) is 7.10. The molecular weight excluding hydrogens is 328 g/mol. The van der Waals surface area contributed by atoms with Crippen molar-refractivity contribution in [3.05, 3.63) is 69.8 Å². The van der Waals surface area contributed by atoms with Crippen LogP contribution in [0.25, 0.3) is 0 Å². The molecule has 0 radical (unpaired) electrons. The number of esters is 1. The Labute approximate surface area is 152 Å². The molecule has 5 nitrogen and oxygen atoms in total. The molecule has 1 spiro atoms. The van der Waals surface area contributed by atoms with Gasteiger partial charge in [-0.05, 0) is 36.6 Å². The van der Waals surface area contributed by atoms with Gasteiger partial charge >= 0.3 is 5.97 Å². The summed E-state index contributed by atoms with van der Waals surface area (Å²) in [7, 11) is 1.37. The molecule has 2 aromatic carbocycles. The lowest BCUT2D eigenvalue weighted by Gasteiger charge is -2.27. The maximum Gasteiger partial charge on any atom is 0.338 e. The molecule has 4 rings (SSSR count). The van der Waals surface area contributed by atoms with E-state index in [1.54, 1.807) is 6.07 Å². The largest absolute Gasteiger partial charge is 0.465 e. The molecule has 0 bridgehead atoms. The summed E-state index contributed by atoms with van der Waals surface area (Å²) >= 11 is 0. The fourth-order valence-corrected chi connectivity index (χ4v) is 4.24. The number of hydrogen-bond donors (Lipinski definition) is 0. The van der Waals surface area contributed by atoms with Gasteiger partial charge in [0.15, 0.2) is 11.3 Å². The number of fused-ring (bicyclic) bond motifs is 1. The van der Waals surface area contributed by atoms with Gasteiger partial charge in [-0.25, -0.2) is 4.79 Å². The quantitative estimate of drug-likeness (QED) is 0.775. The van der Waals surface area contributed by atoms with E-state index in [1.165, 1.54) is 7.11 Å². The number of rotatable bonds is 2. The van der Waals surface area contributed by atoms with Crippen molar-refractivity contribution in [3.8, 4) is 0 Å². The molecule has 0 aromatic heterocycles. The summed E-state index contributed by atoms with van der Waals surface area (Å²) < 4.78 is 4.95. The number of carbonyl (C=O) groups excluding carboxylic acids is 2. The Hall–Kier alpha value is -2.82. The fourth-order valence-electron chi connectivity index (χ4n) is 4.24. The minimum Gasteiger partial charge on any atom is -0.465 e. The molecule has 0 N–H and O–H groups in total. The van der Waals surface area contributed by atoms with Crippen LogP contribution in [0.2, 0.25) is 0 Å². The van der Waals surface area contributed by atoms with Crippen molar-refractivity contribution in [2.45, 2.75) is 31.7 Å². The summed E-state index contributed by atoms with van der Waals surface area (Å²) in [5, 5.41) is 8.69. The molecule has 0 unspecified atom stereocenters. The number of Topliss-reactive ketones (excluding diaryl/α,β-unsaturated/α-hetero) is 1. The zero-order valence-electron chi connectivity index (χ0n) is 15.1. The van der Waals surface area contributed by atoms with E-state index in [9.17, 15) is 9.59 Å². The van der Waals surface area contributed by atoms with Crippen LogP contribution in [0.15, 0.2) is 46.6 Å². The van der Waals surface area contributed by atoms with Gasteiger partial charge in [-0.1, -0.05) is 35.9 Å².